The fourth-order valence-electron chi connectivity index (χ4n) is 11.7. The third kappa shape index (κ3) is 12.0. The normalized spacial score (nSPS) is 12.1. The van der Waals surface area contributed by atoms with Crippen molar-refractivity contribution in [2.24, 2.45) is 0 Å². The fourth-order valence-corrected chi connectivity index (χ4v) is 12.7. The zero-order valence-electron chi connectivity index (χ0n) is 53.2. The van der Waals surface area contributed by atoms with Crippen LogP contribution in [-0.2, 0) is 40.1 Å². The van der Waals surface area contributed by atoms with Gasteiger partial charge in [0, 0.05) is 104 Å². The standard InChI is InChI=1S/C34H28FN3O6S.C34H26FN3O6S.CH4O.B.Na.H/c2*1-4-29(40)32-24-14-23(27(37(2)45(3,41)42)16-31(24)44-34(32)19-8-10-21(35)11-9-19)25-12-13-30-33(36-25)28-15-22-20(17-39)6-5-7-26(22)38(28)18-43-30;1-2;;;/h5-16,39H,4,17-18H2,1-3H3;5-17H,4,18H2,1-3H3;2H,1H3;;;/q;;;;+1;-1. The van der Waals surface area contributed by atoms with E-state index in [-0.39, 0.29) is 101 Å². The largest absolute Gasteiger partial charge is 1.00 e. The van der Waals surface area contributed by atoms with E-state index in [1.54, 1.807) is 68.4 Å². The van der Waals surface area contributed by atoms with Gasteiger partial charge in [-0.15, -0.1) is 0 Å². The number of sulfonamides is 2. The molecule has 0 spiro atoms. The summed E-state index contributed by atoms with van der Waals surface area (Å²) in [6.45, 7) is 3.86. The molecule has 94 heavy (non-hydrogen) atoms. The van der Waals surface area contributed by atoms with Crippen LogP contribution in [0.5, 0.6) is 11.5 Å². The molecule has 12 aromatic rings. The van der Waals surface area contributed by atoms with Crippen molar-refractivity contribution in [3.05, 3.63) is 179 Å². The number of rotatable bonds is 14. The van der Waals surface area contributed by atoms with Gasteiger partial charge in [-0.1, -0.05) is 38.1 Å². The molecule has 6 aromatic carbocycles. The van der Waals surface area contributed by atoms with Crippen LogP contribution in [0.1, 0.15) is 64.8 Å². The van der Waals surface area contributed by atoms with Crippen molar-refractivity contribution >= 4 is 101 Å². The van der Waals surface area contributed by atoms with E-state index in [2.05, 4.69) is 0 Å². The minimum Gasteiger partial charge on any atom is -1.00 e. The van der Waals surface area contributed by atoms with E-state index in [9.17, 15) is 45.1 Å². The maximum Gasteiger partial charge on any atom is 1.00 e. The van der Waals surface area contributed by atoms with E-state index < -0.39 is 31.7 Å². The Labute approximate surface area is 564 Å². The van der Waals surface area contributed by atoms with Crippen molar-refractivity contribution in [3.8, 4) is 79.4 Å². The van der Waals surface area contributed by atoms with Crippen LogP contribution in [0.4, 0.5) is 20.2 Å². The van der Waals surface area contributed by atoms with Crippen molar-refractivity contribution in [1.29, 1.82) is 0 Å². The molecule has 0 saturated carbocycles. The minimum atomic E-state index is -3.73. The molecule has 0 aliphatic carbocycles. The Bertz CT molecular complexity index is 5250. The van der Waals surface area contributed by atoms with Crippen molar-refractivity contribution in [1.82, 2.24) is 19.1 Å². The molecule has 8 heterocycles. The number of furan rings is 2. The maximum absolute atomic E-state index is 13.7. The average molecular weight is 1320 g/mol. The molecule has 0 fully saturated rings. The number of ketones is 2. The smallest absolute Gasteiger partial charge is 1.00 e. The Morgan fingerprint density at radius 3 is 1.41 bits per heavy atom. The van der Waals surface area contributed by atoms with E-state index in [0.29, 0.717) is 101 Å². The van der Waals surface area contributed by atoms with Gasteiger partial charge in [-0.2, -0.15) is 0 Å². The van der Waals surface area contributed by atoms with Crippen LogP contribution in [0.3, 0.4) is 0 Å². The first-order valence-electron chi connectivity index (χ1n) is 28.9. The van der Waals surface area contributed by atoms with E-state index in [1.165, 1.54) is 62.6 Å². The number of aldehydes is 1. The molecule has 19 nitrogen and oxygen atoms in total. The van der Waals surface area contributed by atoms with E-state index in [1.807, 2.05) is 51.6 Å². The second-order valence-corrected chi connectivity index (χ2v) is 25.9. The Morgan fingerprint density at radius 1 is 0.596 bits per heavy atom. The van der Waals surface area contributed by atoms with E-state index in [4.69, 9.17) is 33.4 Å². The molecule has 0 amide bonds. The maximum atomic E-state index is 13.7. The number of hydrogen-bond donors (Lipinski definition) is 2. The number of aliphatic hydroxyl groups excluding tert-OH is 2. The first kappa shape index (κ1) is 67.6. The van der Waals surface area contributed by atoms with Crippen molar-refractivity contribution in [2.45, 2.75) is 46.8 Å². The number of halogens is 2. The summed E-state index contributed by atoms with van der Waals surface area (Å²) >= 11 is 0. The van der Waals surface area contributed by atoms with Gasteiger partial charge in [-0.05, 0) is 115 Å². The third-order valence-corrected chi connectivity index (χ3v) is 18.8. The number of carbonyl (C=O) groups is 3. The summed E-state index contributed by atoms with van der Waals surface area (Å²) in [5.74, 6) is 0.409. The average Bonchev–Trinajstić information content (AvgIpc) is 1.67. The van der Waals surface area contributed by atoms with Crippen molar-refractivity contribution < 1.29 is 99.5 Å². The summed E-state index contributed by atoms with van der Waals surface area (Å²) in [6.07, 6.45) is 3.38. The second kappa shape index (κ2) is 26.6. The Hall–Kier alpha value is -9.27. The molecule has 0 unspecified atom stereocenters. The van der Waals surface area contributed by atoms with Crippen LogP contribution in [0.2, 0.25) is 0 Å². The molecule has 0 atom stereocenters. The van der Waals surface area contributed by atoms with Crippen LogP contribution in [0, 0.1) is 11.6 Å². The van der Waals surface area contributed by atoms with Crippen LogP contribution in [-0.4, -0.2) is 106 Å². The fraction of sp³-hybridized carbons (Fsp3) is 0.174. The summed E-state index contributed by atoms with van der Waals surface area (Å²) in [4.78, 5) is 48.4. The van der Waals surface area contributed by atoms with Crippen molar-refractivity contribution in [2.75, 3.05) is 42.3 Å². The SMILES string of the molecule is CCC(=O)c1c(-c2ccc(F)cc2)oc2cc(N(C)S(C)(=O)=O)c(-c3ccc4c(n3)-c3cc5c(C=O)cccc5n3CO4)cc12.CCC(=O)c1c(-c2ccc(F)cc2)oc2cc(N(C)S(C)(=O)=O)c(-c3ccc4c(n3)-c3cc5c(CO)cccc5n3CO4)cc12.CO.[B].[H-].[Na+]. The Kier molecular flexibility index (Phi) is 19.1. The molecule has 473 valence electrons. The molecule has 0 saturated heterocycles. The summed E-state index contributed by atoms with van der Waals surface area (Å²) in [6, 6.07) is 40.0. The number of benzene rings is 6. The zero-order valence-corrected chi connectivity index (χ0v) is 55.8. The molecular weight excluding hydrogens is 1260 g/mol. The monoisotopic (exact) mass is 1320 g/mol. The number of fused-ring (bicyclic) bond motifs is 12. The van der Waals surface area contributed by atoms with Crippen LogP contribution < -0.4 is 47.6 Å². The van der Waals surface area contributed by atoms with Gasteiger partial charge >= 0.3 is 29.6 Å². The third-order valence-electron chi connectivity index (χ3n) is 16.5. The second-order valence-electron chi connectivity index (χ2n) is 21.8. The van der Waals surface area contributed by atoms with E-state index in [0.717, 1.165) is 73.3 Å². The number of hydrogen-bond acceptors (Lipinski definition) is 15. The number of anilines is 2. The molecule has 6 aromatic heterocycles. The topological polar surface area (TPSA) is 247 Å². The number of aromatic nitrogens is 4. The van der Waals surface area contributed by atoms with Gasteiger partial charge in [-0.3, -0.25) is 23.0 Å². The molecule has 14 rings (SSSR count). The number of carbonyl (C=O) groups excluding carboxylic acids is 3. The number of nitrogens with zero attached hydrogens (tertiary/aromatic N) is 6. The molecule has 2 aliphatic heterocycles. The zero-order chi connectivity index (χ0) is 65.2. The first-order valence-corrected chi connectivity index (χ1v) is 32.6. The predicted molar refractivity (Wildman–Crippen MR) is 355 cm³/mol. The predicted octanol–water partition coefficient (Wildman–Crippen LogP) is 10.2. The molecule has 25 heteroatoms. The summed E-state index contributed by atoms with van der Waals surface area (Å²) < 4.78 is 109. The summed E-state index contributed by atoms with van der Waals surface area (Å²) in [7, 11) is -3.58. The Balaban J connectivity index is 0.000000211. The summed E-state index contributed by atoms with van der Waals surface area (Å²) in [5.41, 5.74) is 10.3. The van der Waals surface area contributed by atoms with Gasteiger partial charge in [0.15, 0.2) is 31.3 Å². The number of Topliss-reactive ketones (excluding diaryl/α,β-unsaturated/α-hetero) is 2. The molecule has 2 aliphatic rings. The van der Waals surface area contributed by atoms with Gasteiger partial charge in [0.2, 0.25) is 20.0 Å². The quantitative estimate of drug-likeness (QED) is 0.0584. The van der Waals surface area contributed by atoms with Gasteiger partial charge in [0.25, 0.3) is 0 Å². The van der Waals surface area contributed by atoms with E-state index >= 15 is 0 Å². The minimum absolute atomic E-state index is 0. The van der Waals surface area contributed by atoms with Gasteiger partial charge in [-0.25, -0.2) is 35.6 Å². The number of pyridine rings is 2. The van der Waals surface area contributed by atoms with Gasteiger partial charge in [0.1, 0.15) is 57.2 Å². The molecular formula is C69H59BF2N6NaO13S2. The molecule has 2 N–H and O–H groups in total. The number of ether oxygens (including phenoxy) is 2. The van der Waals surface area contributed by atoms with Crippen LogP contribution in [0.15, 0.2) is 154 Å². The number of aliphatic hydroxyl groups is 2. The van der Waals surface area contributed by atoms with Crippen LogP contribution >= 0.6 is 0 Å². The Morgan fingerprint density at radius 2 is 1.01 bits per heavy atom. The van der Waals surface area contributed by atoms with Gasteiger partial charge in [0.05, 0.1) is 75.4 Å². The van der Waals surface area contributed by atoms with Crippen LogP contribution in [0.25, 0.3) is 112 Å². The summed E-state index contributed by atoms with van der Waals surface area (Å²) in [5, 5.41) is 19.5. The first-order chi connectivity index (χ1) is 44.2. The van der Waals surface area contributed by atoms with Crippen molar-refractivity contribution in [3.63, 3.8) is 0 Å². The molecule has 3 radical (unpaired) electrons. The molecule has 0 bridgehead atoms. The van der Waals surface area contributed by atoms with Gasteiger partial charge < -0.3 is 39.1 Å².